The molecule has 3 atom stereocenters. The molecule has 0 radical (unpaired) electrons. The molecule has 2 aromatic carbocycles. The number of hydrogen-bond acceptors (Lipinski definition) is 7. The fourth-order valence-electron chi connectivity index (χ4n) is 6.79. The molecule has 3 aliphatic heterocycles. The van der Waals surface area contributed by atoms with Crippen LogP contribution in [0.15, 0.2) is 42.5 Å². The van der Waals surface area contributed by atoms with Crippen LogP contribution in [0.1, 0.15) is 60.3 Å². The Morgan fingerprint density at radius 3 is 2.57 bits per heavy atom. The zero-order valence-electron chi connectivity index (χ0n) is 21.0. The molecule has 0 amide bonds. The molecular weight excluding hydrogens is 476 g/mol. The summed E-state index contributed by atoms with van der Waals surface area (Å²) in [6, 6.07) is 11.8. The number of aromatic hydroxyl groups is 2. The van der Waals surface area contributed by atoms with Crippen LogP contribution < -0.4 is 0 Å². The van der Waals surface area contributed by atoms with Crippen LogP contribution in [-0.2, 0) is 21.7 Å². The SMILES string of the molecule is CC[C@]12CCCN3CCc4c(n(c5ccccc45)[C@@](O)(C(=O)OC)C1)[C@@H]32.O=C(O)c1cc(O)ccc1O. The van der Waals surface area contributed by atoms with Crippen molar-refractivity contribution in [1.29, 1.82) is 0 Å². The minimum Gasteiger partial charge on any atom is -0.508 e. The zero-order chi connectivity index (χ0) is 26.5. The van der Waals surface area contributed by atoms with Crippen molar-refractivity contribution in [2.75, 3.05) is 20.2 Å². The number of rotatable bonds is 3. The number of phenols is 2. The second kappa shape index (κ2) is 9.08. The minimum atomic E-state index is -1.63. The standard InChI is InChI=1S/C21H26N2O3.C7H6O4/c1-3-20-10-6-11-22-12-9-15-14-7-4-5-8-16(14)23(17(15)18(20)22)21(25,13-20)19(24)26-2;8-4-1-2-6(9)5(3-4)7(10)11/h4-5,7-8,18,25H,3,6,9-13H2,1-2H3;1-3,8-9H,(H,10,11)/t18-,20+,21+;/m1./s1. The Balaban J connectivity index is 0.000000215. The molecule has 0 spiro atoms. The lowest BCUT2D eigenvalue weighted by atomic mass is 9.62. The quantitative estimate of drug-likeness (QED) is 0.311. The van der Waals surface area contributed by atoms with E-state index >= 15 is 0 Å². The Morgan fingerprint density at radius 1 is 1.14 bits per heavy atom. The van der Waals surface area contributed by atoms with E-state index in [2.05, 4.69) is 17.9 Å². The third kappa shape index (κ3) is 3.76. The Kier molecular flexibility index (Phi) is 6.16. The molecule has 0 unspecified atom stereocenters. The first kappa shape index (κ1) is 25.1. The van der Waals surface area contributed by atoms with E-state index in [1.54, 1.807) is 0 Å². The largest absolute Gasteiger partial charge is 0.508 e. The van der Waals surface area contributed by atoms with E-state index in [4.69, 9.17) is 20.1 Å². The van der Waals surface area contributed by atoms with Crippen LogP contribution in [0.5, 0.6) is 11.5 Å². The molecule has 1 saturated heterocycles. The summed E-state index contributed by atoms with van der Waals surface area (Å²) in [6.45, 7) is 4.36. The van der Waals surface area contributed by atoms with Crippen molar-refractivity contribution in [3.63, 3.8) is 0 Å². The summed E-state index contributed by atoms with van der Waals surface area (Å²) in [5, 5.41) is 39.0. The lowest BCUT2D eigenvalue weighted by Crippen LogP contribution is -2.60. The number of nitrogens with zero attached hydrogens (tertiary/aromatic N) is 2. The average molecular weight is 509 g/mol. The molecule has 0 aliphatic carbocycles. The molecule has 196 valence electrons. The van der Waals surface area contributed by atoms with Gasteiger partial charge in [-0.1, -0.05) is 25.1 Å². The third-order valence-corrected chi connectivity index (χ3v) is 8.39. The van der Waals surface area contributed by atoms with Gasteiger partial charge in [-0.2, -0.15) is 0 Å². The summed E-state index contributed by atoms with van der Waals surface area (Å²) >= 11 is 0. The number of ether oxygens (including phenoxy) is 1. The first-order valence-corrected chi connectivity index (χ1v) is 12.6. The topological polar surface area (TPSA) is 132 Å². The molecule has 3 aromatic rings. The van der Waals surface area contributed by atoms with Gasteiger partial charge in [-0.15, -0.1) is 0 Å². The summed E-state index contributed by atoms with van der Waals surface area (Å²) in [7, 11) is 1.37. The van der Waals surface area contributed by atoms with Crippen LogP contribution in [-0.4, -0.2) is 62.0 Å². The molecule has 3 aliphatic rings. The summed E-state index contributed by atoms with van der Waals surface area (Å²) < 4.78 is 7.01. The van der Waals surface area contributed by atoms with Crippen molar-refractivity contribution in [3.05, 3.63) is 59.3 Å². The normalized spacial score (nSPS) is 26.1. The van der Waals surface area contributed by atoms with Gasteiger partial charge in [-0.25, -0.2) is 9.59 Å². The Labute approximate surface area is 214 Å². The highest BCUT2D eigenvalue weighted by atomic mass is 16.5. The molecule has 37 heavy (non-hydrogen) atoms. The van der Waals surface area contributed by atoms with E-state index in [0.29, 0.717) is 6.42 Å². The maximum Gasteiger partial charge on any atom is 0.359 e. The molecule has 4 heterocycles. The monoisotopic (exact) mass is 508 g/mol. The van der Waals surface area contributed by atoms with Crippen LogP contribution >= 0.6 is 0 Å². The van der Waals surface area contributed by atoms with Crippen molar-refractivity contribution in [3.8, 4) is 11.5 Å². The smallest absolute Gasteiger partial charge is 0.359 e. The number of carboxylic acid groups (broad SMARTS) is 1. The number of aromatic nitrogens is 1. The highest BCUT2D eigenvalue weighted by Gasteiger charge is 2.60. The fraction of sp³-hybridized carbons (Fsp3) is 0.429. The molecular formula is C28H32N2O7. The number of fused-ring (bicyclic) bond motifs is 3. The molecule has 0 bridgehead atoms. The highest BCUT2D eigenvalue weighted by molar-refractivity contribution is 5.91. The first-order valence-electron chi connectivity index (χ1n) is 12.6. The predicted octanol–water partition coefficient (Wildman–Crippen LogP) is 3.75. The van der Waals surface area contributed by atoms with Gasteiger partial charge in [0.15, 0.2) is 0 Å². The van der Waals surface area contributed by atoms with Gasteiger partial charge in [0.2, 0.25) is 5.72 Å². The Hall–Kier alpha value is -3.56. The van der Waals surface area contributed by atoms with E-state index in [1.807, 2.05) is 22.8 Å². The van der Waals surface area contributed by atoms with Gasteiger partial charge < -0.3 is 29.7 Å². The predicted molar refractivity (Wildman–Crippen MR) is 135 cm³/mol. The second-order valence-electron chi connectivity index (χ2n) is 10.2. The number of methoxy groups -OCH3 is 1. The van der Waals surface area contributed by atoms with Crippen LogP contribution in [0.2, 0.25) is 0 Å². The van der Waals surface area contributed by atoms with Gasteiger partial charge in [0.25, 0.3) is 0 Å². The number of hydrogen-bond donors (Lipinski definition) is 4. The fourth-order valence-corrected chi connectivity index (χ4v) is 6.79. The average Bonchev–Trinajstić information content (AvgIpc) is 3.25. The lowest BCUT2D eigenvalue weighted by Gasteiger charge is -2.57. The third-order valence-electron chi connectivity index (χ3n) is 8.39. The van der Waals surface area contributed by atoms with Gasteiger partial charge >= 0.3 is 11.9 Å². The van der Waals surface area contributed by atoms with Crippen LogP contribution in [0, 0.1) is 5.41 Å². The minimum absolute atomic E-state index is 0.0826. The molecule has 9 heteroatoms. The van der Waals surface area contributed by atoms with E-state index in [-0.39, 0.29) is 28.5 Å². The maximum absolute atomic E-state index is 12.8. The number of esters is 1. The van der Waals surface area contributed by atoms with Crippen molar-refractivity contribution in [1.82, 2.24) is 9.47 Å². The van der Waals surface area contributed by atoms with Crippen molar-refractivity contribution in [2.24, 2.45) is 5.41 Å². The lowest BCUT2D eigenvalue weighted by molar-refractivity contribution is -0.194. The zero-order valence-corrected chi connectivity index (χ0v) is 21.0. The van der Waals surface area contributed by atoms with Gasteiger partial charge in [0, 0.05) is 24.0 Å². The summed E-state index contributed by atoms with van der Waals surface area (Å²) in [5.41, 5.74) is 1.39. The van der Waals surface area contributed by atoms with Crippen LogP contribution in [0.4, 0.5) is 0 Å². The number of carbonyl (C=O) groups excluding carboxylic acids is 1. The van der Waals surface area contributed by atoms with Crippen molar-refractivity contribution in [2.45, 2.75) is 50.8 Å². The number of carbonyl (C=O) groups is 2. The number of carboxylic acids is 1. The van der Waals surface area contributed by atoms with E-state index < -0.39 is 17.7 Å². The molecule has 4 N–H and O–H groups in total. The number of aromatic carboxylic acids is 1. The Bertz CT molecular complexity index is 1380. The van der Waals surface area contributed by atoms with E-state index in [0.717, 1.165) is 62.1 Å². The first-order chi connectivity index (χ1) is 17.7. The molecule has 0 saturated carbocycles. The summed E-state index contributed by atoms with van der Waals surface area (Å²) in [4.78, 5) is 25.7. The number of benzene rings is 2. The van der Waals surface area contributed by atoms with Crippen molar-refractivity contribution >= 4 is 22.8 Å². The second-order valence-corrected chi connectivity index (χ2v) is 10.2. The van der Waals surface area contributed by atoms with Gasteiger partial charge in [-0.05, 0) is 67.5 Å². The molecule has 1 fully saturated rings. The number of para-hydroxylation sites is 1. The summed E-state index contributed by atoms with van der Waals surface area (Å²) in [6.07, 6.45) is 4.52. The molecule has 9 nitrogen and oxygen atoms in total. The number of phenolic OH excluding ortho intramolecular Hbond substituents is 1. The van der Waals surface area contributed by atoms with E-state index in [9.17, 15) is 14.7 Å². The number of piperidine rings is 1. The maximum atomic E-state index is 12.8. The van der Waals surface area contributed by atoms with Crippen LogP contribution in [0.25, 0.3) is 10.9 Å². The molecule has 6 rings (SSSR count). The Morgan fingerprint density at radius 2 is 1.89 bits per heavy atom. The van der Waals surface area contributed by atoms with Crippen molar-refractivity contribution < 1.29 is 34.8 Å². The van der Waals surface area contributed by atoms with Gasteiger partial charge in [0.05, 0.1) is 18.7 Å². The van der Waals surface area contributed by atoms with Gasteiger partial charge in [-0.3, -0.25) is 4.90 Å². The highest BCUT2D eigenvalue weighted by Crippen LogP contribution is 2.60. The number of aliphatic hydroxyl groups is 1. The van der Waals surface area contributed by atoms with Crippen LogP contribution in [0.3, 0.4) is 0 Å². The van der Waals surface area contributed by atoms with Gasteiger partial charge in [0.1, 0.15) is 17.1 Å². The van der Waals surface area contributed by atoms with E-state index in [1.165, 1.54) is 24.1 Å². The molecule has 1 aromatic heterocycles. The summed E-state index contributed by atoms with van der Waals surface area (Å²) in [5.74, 6) is -2.34.